The summed E-state index contributed by atoms with van der Waals surface area (Å²) in [5.41, 5.74) is 2.34. The standard InChI is InChI=1S/C27H22BrFN2O4S/c28-22-15-19(8-13-23(22)35-17-25(32)30-21-11-9-20(29)10-12-21)16-24-26(33)31(27(34)36-24)14-4-7-18-5-2-1-3-6-18/h1-3,5-6,8-13,15-16H,4,7,14,17H2,(H,30,32)/b24-16+. The van der Waals surface area contributed by atoms with Crippen LogP contribution in [0.25, 0.3) is 6.08 Å². The van der Waals surface area contributed by atoms with E-state index in [0.29, 0.717) is 39.3 Å². The summed E-state index contributed by atoms with van der Waals surface area (Å²) in [6, 6.07) is 20.5. The molecular weight excluding hydrogens is 547 g/mol. The second-order valence-corrected chi connectivity index (χ2v) is 9.80. The zero-order valence-corrected chi connectivity index (χ0v) is 21.5. The van der Waals surface area contributed by atoms with Gasteiger partial charge in [0, 0.05) is 12.2 Å². The zero-order valence-electron chi connectivity index (χ0n) is 19.1. The van der Waals surface area contributed by atoms with Crippen molar-refractivity contribution >= 4 is 56.5 Å². The van der Waals surface area contributed by atoms with Crippen molar-refractivity contribution in [3.63, 3.8) is 0 Å². The third-order valence-electron chi connectivity index (χ3n) is 5.30. The number of nitrogens with zero attached hydrogens (tertiary/aromatic N) is 1. The van der Waals surface area contributed by atoms with Gasteiger partial charge in [-0.1, -0.05) is 36.4 Å². The van der Waals surface area contributed by atoms with E-state index < -0.39 is 5.91 Å². The number of carbonyl (C=O) groups excluding carboxylic acids is 3. The Morgan fingerprint density at radius 3 is 2.53 bits per heavy atom. The second-order valence-electron chi connectivity index (χ2n) is 7.96. The predicted molar refractivity (Wildman–Crippen MR) is 142 cm³/mol. The molecule has 0 saturated carbocycles. The summed E-state index contributed by atoms with van der Waals surface area (Å²) in [5, 5.41) is 2.35. The number of hydrogen-bond donors (Lipinski definition) is 1. The van der Waals surface area contributed by atoms with Crippen LogP contribution in [0.3, 0.4) is 0 Å². The number of nitrogens with one attached hydrogen (secondary N) is 1. The third-order valence-corrected chi connectivity index (χ3v) is 6.83. The van der Waals surface area contributed by atoms with Crippen LogP contribution in [0.5, 0.6) is 5.75 Å². The van der Waals surface area contributed by atoms with E-state index in [4.69, 9.17) is 4.74 Å². The molecule has 1 aliphatic heterocycles. The molecule has 0 aliphatic carbocycles. The maximum absolute atomic E-state index is 13.0. The Balaban J connectivity index is 1.32. The van der Waals surface area contributed by atoms with Gasteiger partial charge < -0.3 is 10.1 Å². The fraction of sp³-hybridized carbons (Fsp3) is 0.148. The van der Waals surface area contributed by atoms with Gasteiger partial charge in [-0.15, -0.1) is 0 Å². The molecule has 1 aliphatic rings. The zero-order chi connectivity index (χ0) is 25.5. The Kier molecular flexibility index (Phi) is 8.56. The number of imide groups is 1. The molecule has 1 heterocycles. The largest absolute Gasteiger partial charge is 0.483 e. The highest BCUT2D eigenvalue weighted by Crippen LogP contribution is 2.34. The van der Waals surface area contributed by atoms with Crippen molar-refractivity contribution in [1.29, 1.82) is 0 Å². The molecule has 184 valence electrons. The van der Waals surface area contributed by atoms with Crippen molar-refractivity contribution in [2.45, 2.75) is 12.8 Å². The normalized spacial score (nSPS) is 14.4. The van der Waals surface area contributed by atoms with Crippen LogP contribution >= 0.6 is 27.7 Å². The van der Waals surface area contributed by atoms with Crippen LogP contribution in [0.15, 0.2) is 82.2 Å². The lowest BCUT2D eigenvalue weighted by Crippen LogP contribution is -2.29. The minimum atomic E-state index is -0.390. The van der Waals surface area contributed by atoms with Gasteiger partial charge in [0.1, 0.15) is 11.6 Å². The Hall–Kier alpha value is -3.43. The highest BCUT2D eigenvalue weighted by Gasteiger charge is 2.34. The summed E-state index contributed by atoms with van der Waals surface area (Å²) in [6.07, 6.45) is 3.15. The number of carbonyl (C=O) groups is 3. The summed E-state index contributed by atoms with van der Waals surface area (Å²) >= 11 is 4.34. The Morgan fingerprint density at radius 1 is 1.06 bits per heavy atom. The number of hydrogen-bond acceptors (Lipinski definition) is 5. The molecule has 1 N–H and O–H groups in total. The summed E-state index contributed by atoms with van der Waals surface area (Å²) in [7, 11) is 0. The molecule has 0 spiro atoms. The molecule has 3 amide bonds. The van der Waals surface area contributed by atoms with Crippen LogP contribution < -0.4 is 10.1 Å². The van der Waals surface area contributed by atoms with Gasteiger partial charge >= 0.3 is 0 Å². The lowest BCUT2D eigenvalue weighted by molar-refractivity contribution is -0.122. The molecule has 1 saturated heterocycles. The molecule has 4 rings (SSSR count). The van der Waals surface area contributed by atoms with Crippen LogP contribution in [0.2, 0.25) is 0 Å². The smallest absolute Gasteiger partial charge is 0.293 e. The topological polar surface area (TPSA) is 75.7 Å². The molecule has 6 nitrogen and oxygen atoms in total. The van der Waals surface area contributed by atoms with E-state index in [1.165, 1.54) is 34.7 Å². The lowest BCUT2D eigenvalue weighted by atomic mass is 10.1. The van der Waals surface area contributed by atoms with Crippen molar-refractivity contribution in [1.82, 2.24) is 4.90 Å². The van der Waals surface area contributed by atoms with Gasteiger partial charge in [-0.25, -0.2) is 4.39 Å². The van der Waals surface area contributed by atoms with Crippen molar-refractivity contribution in [2.75, 3.05) is 18.5 Å². The second kappa shape index (κ2) is 12.0. The van der Waals surface area contributed by atoms with Crippen LogP contribution in [0.4, 0.5) is 14.9 Å². The molecule has 0 unspecified atom stereocenters. The predicted octanol–water partition coefficient (Wildman–Crippen LogP) is 6.27. The highest BCUT2D eigenvalue weighted by atomic mass is 79.9. The first-order valence-corrected chi connectivity index (χ1v) is 12.8. The van der Waals surface area contributed by atoms with Gasteiger partial charge in [0.05, 0.1) is 9.38 Å². The molecule has 0 aromatic heterocycles. The van der Waals surface area contributed by atoms with E-state index in [2.05, 4.69) is 21.2 Å². The third kappa shape index (κ3) is 6.83. The number of aryl methyl sites for hydroxylation is 1. The molecule has 36 heavy (non-hydrogen) atoms. The van der Waals surface area contributed by atoms with Crippen LogP contribution in [-0.2, 0) is 16.0 Å². The molecular formula is C27H22BrFN2O4S. The van der Waals surface area contributed by atoms with Gasteiger partial charge in [0.2, 0.25) is 0 Å². The van der Waals surface area contributed by atoms with Crippen molar-refractivity contribution < 1.29 is 23.5 Å². The number of anilines is 1. The summed E-state index contributed by atoms with van der Waals surface area (Å²) in [4.78, 5) is 38.9. The van der Waals surface area contributed by atoms with E-state index in [1.54, 1.807) is 24.3 Å². The average molecular weight is 569 g/mol. The van der Waals surface area contributed by atoms with E-state index in [1.807, 2.05) is 30.3 Å². The number of rotatable bonds is 9. The van der Waals surface area contributed by atoms with Gasteiger partial charge in [0.25, 0.3) is 17.1 Å². The molecule has 1 fully saturated rings. The molecule has 3 aromatic rings. The number of amides is 3. The number of benzene rings is 3. The van der Waals surface area contributed by atoms with Gasteiger partial charge in [-0.05, 0) is 94.1 Å². The molecule has 0 radical (unpaired) electrons. The Labute approximate surface area is 220 Å². The van der Waals surface area contributed by atoms with Crippen molar-refractivity contribution in [2.24, 2.45) is 0 Å². The first-order chi connectivity index (χ1) is 17.4. The van der Waals surface area contributed by atoms with Crippen molar-refractivity contribution in [3.05, 3.63) is 99.1 Å². The summed E-state index contributed by atoms with van der Waals surface area (Å²) < 4.78 is 19.1. The number of thioether (sulfide) groups is 1. The Morgan fingerprint density at radius 2 is 1.81 bits per heavy atom. The maximum Gasteiger partial charge on any atom is 0.293 e. The summed E-state index contributed by atoms with van der Waals surface area (Å²) in [6.45, 7) is 0.130. The lowest BCUT2D eigenvalue weighted by Gasteiger charge is -2.12. The van der Waals surface area contributed by atoms with E-state index in [-0.39, 0.29) is 23.6 Å². The number of ether oxygens (including phenoxy) is 1. The van der Waals surface area contributed by atoms with Crippen LogP contribution in [-0.4, -0.2) is 35.1 Å². The van der Waals surface area contributed by atoms with Gasteiger partial charge in [0.15, 0.2) is 6.61 Å². The van der Waals surface area contributed by atoms with Crippen LogP contribution in [0, 0.1) is 5.82 Å². The van der Waals surface area contributed by atoms with E-state index >= 15 is 0 Å². The fourth-order valence-electron chi connectivity index (χ4n) is 3.53. The fourth-order valence-corrected chi connectivity index (χ4v) is 4.90. The van der Waals surface area contributed by atoms with E-state index in [9.17, 15) is 18.8 Å². The maximum atomic E-state index is 13.0. The summed E-state index contributed by atoms with van der Waals surface area (Å²) in [5.74, 6) is -0.637. The van der Waals surface area contributed by atoms with E-state index in [0.717, 1.165) is 18.2 Å². The quantitative estimate of drug-likeness (QED) is 0.308. The number of halogens is 2. The molecule has 0 bridgehead atoms. The highest BCUT2D eigenvalue weighted by molar-refractivity contribution is 9.10. The minimum Gasteiger partial charge on any atom is -0.483 e. The minimum absolute atomic E-state index is 0.239. The monoisotopic (exact) mass is 568 g/mol. The molecule has 0 atom stereocenters. The first kappa shape index (κ1) is 25.7. The average Bonchev–Trinajstić information content (AvgIpc) is 3.13. The van der Waals surface area contributed by atoms with Crippen LogP contribution in [0.1, 0.15) is 17.5 Å². The molecule has 3 aromatic carbocycles. The van der Waals surface area contributed by atoms with Gasteiger partial charge in [-0.3, -0.25) is 19.3 Å². The van der Waals surface area contributed by atoms with Crippen molar-refractivity contribution in [3.8, 4) is 5.75 Å². The molecule has 9 heteroatoms. The van der Waals surface area contributed by atoms with Gasteiger partial charge in [-0.2, -0.15) is 0 Å². The SMILES string of the molecule is O=C(COc1ccc(/C=C2/SC(=O)N(CCCc3ccccc3)C2=O)cc1Br)Nc1ccc(F)cc1. The Bertz CT molecular complexity index is 1300. The first-order valence-electron chi connectivity index (χ1n) is 11.2.